The molecule has 0 spiro atoms. The van der Waals surface area contributed by atoms with Crippen molar-refractivity contribution >= 4 is 5.78 Å². The molecule has 0 atom stereocenters. The summed E-state index contributed by atoms with van der Waals surface area (Å²) in [5.74, 6) is -1.23. The van der Waals surface area contributed by atoms with Gasteiger partial charge in [0.15, 0.2) is 5.78 Å². The van der Waals surface area contributed by atoms with Crippen LogP contribution in [0.25, 0.3) is 0 Å². The summed E-state index contributed by atoms with van der Waals surface area (Å²) < 4.78 is 12.7. The van der Waals surface area contributed by atoms with Gasteiger partial charge in [-0.15, -0.1) is 0 Å². The summed E-state index contributed by atoms with van der Waals surface area (Å²) in [6, 6.07) is 11.9. The fourth-order valence-electron chi connectivity index (χ4n) is 1.44. The molecular weight excluding hydrogens is 207 g/mol. The monoisotopic (exact) mass is 216 g/mol. The maximum absolute atomic E-state index is 12.7. The second-order valence-electron chi connectivity index (χ2n) is 3.36. The van der Waals surface area contributed by atoms with E-state index < -0.39 is 5.82 Å². The summed E-state index contributed by atoms with van der Waals surface area (Å²) in [7, 11) is 0. The maximum atomic E-state index is 12.7. The summed E-state index contributed by atoms with van der Waals surface area (Å²) in [6.07, 6.45) is 0. The van der Waals surface area contributed by atoms with Crippen LogP contribution in [0.1, 0.15) is 15.9 Å². The van der Waals surface area contributed by atoms with E-state index in [4.69, 9.17) is 0 Å². The molecule has 2 aromatic carbocycles. The van der Waals surface area contributed by atoms with Crippen molar-refractivity contribution in [3.63, 3.8) is 0 Å². The number of phenolic OH excluding ortho intramolecular Hbond substituents is 1. The topological polar surface area (TPSA) is 37.3 Å². The number of rotatable bonds is 2. The lowest BCUT2D eigenvalue weighted by molar-refractivity contribution is 0.103. The largest absolute Gasteiger partial charge is 0.507 e. The summed E-state index contributed by atoms with van der Waals surface area (Å²) in [5.41, 5.74) is 0.567. The van der Waals surface area contributed by atoms with Crippen LogP contribution in [0.3, 0.4) is 0 Å². The first-order chi connectivity index (χ1) is 7.68. The Hall–Kier alpha value is -2.16. The molecule has 80 valence electrons. The van der Waals surface area contributed by atoms with Crippen molar-refractivity contribution in [3.05, 3.63) is 65.5 Å². The number of phenols is 1. The van der Waals surface area contributed by atoms with Gasteiger partial charge < -0.3 is 5.11 Å². The Bertz CT molecular complexity index is 521. The van der Waals surface area contributed by atoms with E-state index in [9.17, 15) is 14.3 Å². The highest BCUT2D eigenvalue weighted by Gasteiger charge is 2.13. The van der Waals surface area contributed by atoms with Gasteiger partial charge in [0.2, 0.25) is 0 Å². The first-order valence-electron chi connectivity index (χ1n) is 4.77. The maximum Gasteiger partial charge on any atom is 0.196 e. The third-order valence-corrected chi connectivity index (χ3v) is 2.24. The summed E-state index contributed by atoms with van der Waals surface area (Å²) in [5, 5.41) is 9.46. The highest BCUT2D eigenvalue weighted by Crippen LogP contribution is 2.21. The number of aromatic hydroxyl groups is 1. The second kappa shape index (κ2) is 4.14. The summed E-state index contributed by atoms with van der Waals surface area (Å²) in [6.45, 7) is 0. The van der Waals surface area contributed by atoms with Gasteiger partial charge in [-0.3, -0.25) is 4.79 Å². The Morgan fingerprint density at radius 3 is 2.38 bits per heavy atom. The minimum Gasteiger partial charge on any atom is -0.507 e. The summed E-state index contributed by atoms with van der Waals surface area (Å²) >= 11 is 0. The van der Waals surface area contributed by atoms with E-state index in [1.54, 1.807) is 30.3 Å². The van der Waals surface area contributed by atoms with Crippen LogP contribution in [-0.2, 0) is 0 Å². The van der Waals surface area contributed by atoms with Crippen molar-refractivity contribution in [3.8, 4) is 5.75 Å². The van der Waals surface area contributed by atoms with E-state index >= 15 is 0 Å². The predicted octanol–water partition coefficient (Wildman–Crippen LogP) is 2.76. The van der Waals surface area contributed by atoms with E-state index in [1.807, 2.05) is 0 Å². The Morgan fingerprint density at radius 2 is 1.75 bits per heavy atom. The Labute approximate surface area is 92.0 Å². The van der Waals surface area contributed by atoms with Gasteiger partial charge >= 0.3 is 0 Å². The first-order valence-corrected chi connectivity index (χ1v) is 4.77. The lowest BCUT2D eigenvalue weighted by Crippen LogP contribution is -2.01. The van der Waals surface area contributed by atoms with E-state index in [-0.39, 0.29) is 17.1 Å². The third kappa shape index (κ3) is 1.93. The molecule has 0 saturated heterocycles. The Kier molecular flexibility index (Phi) is 2.68. The highest BCUT2D eigenvalue weighted by molar-refractivity contribution is 6.10. The van der Waals surface area contributed by atoms with Crippen LogP contribution in [0, 0.1) is 5.82 Å². The molecule has 0 aliphatic heterocycles. The summed E-state index contributed by atoms with van der Waals surface area (Å²) in [4.78, 5) is 11.9. The first kappa shape index (κ1) is 10.4. The van der Waals surface area contributed by atoms with Gasteiger partial charge in [-0.1, -0.05) is 30.3 Å². The molecule has 2 nitrogen and oxygen atoms in total. The molecule has 2 aromatic rings. The third-order valence-electron chi connectivity index (χ3n) is 2.24. The zero-order valence-corrected chi connectivity index (χ0v) is 8.35. The number of hydrogen-bond donors (Lipinski definition) is 1. The molecular formula is C13H9FO2. The standard InChI is InChI=1S/C13H9FO2/c14-10-6-7-11(12(15)8-10)13(16)9-4-2-1-3-5-9/h1-8,15H. The number of benzene rings is 2. The van der Waals surface area contributed by atoms with Crippen LogP contribution in [0.5, 0.6) is 5.75 Å². The quantitative estimate of drug-likeness (QED) is 0.784. The van der Waals surface area contributed by atoms with Gasteiger partial charge in [-0.2, -0.15) is 0 Å². The molecule has 0 aliphatic rings. The van der Waals surface area contributed by atoms with Crippen LogP contribution in [0.15, 0.2) is 48.5 Å². The van der Waals surface area contributed by atoms with Gasteiger partial charge in [0, 0.05) is 11.6 Å². The predicted molar refractivity (Wildman–Crippen MR) is 57.9 cm³/mol. The minimum atomic E-state index is -0.567. The van der Waals surface area contributed by atoms with Gasteiger partial charge in [-0.25, -0.2) is 4.39 Å². The molecule has 0 unspecified atom stereocenters. The zero-order chi connectivity index (χ0) is 11.5. The normalized spacial score (nSPS) is 10.1. The van der Waals surface area contributed by atoms with Gasteiger partial charge in [0.05, 0.1) is 5.56 Å². The van der Waals surface area contributed by atoms with Gasteiger partial charge in [0.25, 0.3) is 0 Å². The Balaban J connectivity index is 2.42. The number of ketones is 1. The number of hydrogen-bond acceptors (Lipinski definition) is 2. The van der Waals surface area contributed by atoms with Crippen molar-refractivity contribution in [2.75, 3.05) is 0 Å². The van der Waals surface area contributed by atoms with Crippen molar-refractivity contribution < 1.29 is 14.3 Å². The molecule has 0 fully saturated rings. The minimum absolute atomic E-state index is 0.104. The van der Waals surface area contributed by atoms with Crippen molar-refractivity contribution in [2.24, 2.45) is 0 Å². The molecule has 1 N–H and O–H groups in total. The molecule has 0 amide bonds. The fraction of sp³-hybridized carbons (Fsp3) is 0. The molecule has 0 aliphatic carbocycles. The molecule has 0 radical (unpaired) electrons. The number of carbonyl (C=O) groups is 1. The molecule has 0 heterocycles. The second-order valence-corrected chi connectivity index (χ2v) is 3.36. The molecule has 0 saturated carbocycles. The van der Waals surface area contributed by atoms with Crippen molar-refractivity contribution in [2.45, 2.75) is 0 Å². The van der Waals surface area contributed by atoms with Gasteiger partial charge in [0.1, 0.15) is 11.6 Å². The molecule has 2 rings (SSSR count). The van der Waals surface area contributed by atoms with Crippen LogP contribution in [0.4, 0.5) is 4.39 Å². The fourth-order valence-corrected chi connectivity index (χ4v) is 1.44. The van der Waals surface area contributed by atoms with Crippen LogP contribution >= 0.6 is 0 Å². The van der Waals surface area contributed by atoms with Crippen molar-refractivity contribution in [1.29, 1.82) is 0 Å². The van der Waals surface area contributed by atoms with Crippen LogP contribution in [-0.4, -0.2) is 10.9 Å². The average molecular weight is 216 g/mol. The molecule has 16 heavy (non-hydrogen) atoms. The zero-order valence-electron chi connectivity index (χ0n) is 8.35. The van der Waals surface area contributed by atoms with E-state index in [0.717, 1.165) is 12.1 Å². The van der Waals surface area contributed by atoms with E-state index in [1.165, 1.54) is 6.07 Å². The van der Waals surface area contributed by atoms with Crippen LogP contribution < -0.4 is 0 Å². The number of carbonyl (C=O) groups excluding carboxylic acids is 1. The highest BCUT2D eigenvalue weighted by atomic mass is 19.1. The van der Waals surface area contributed by atoms with Gasteiger partial charge in [-0.05, 0) is 12.1 Å². The van der Waals surface area contributed by atoms with Crippen LogP contribution in [0.2, 0.25) is 0 Å². The molecule has 0 bridgehead atoms. The average Bonchev–Trinajstić information content (AvgIpc) is 2.29. The number of halogens is 1. The molecule has 3 heteroatoms. The lowest BCUT2D eigenvalue weighted by atomic mass is 10.0. The molecule has 0 aromatic heterocycles. The van der Waals surface area contributed by atoms with E-state index in [0.29, 0.717) is 5.56 Å². The Morgan fingerprint density at radius 1 is 1.06 bits per heavy atom. The van der Waals surface area contributed by atoms with Crippen molar-refractivity contribution in [1.82, 2.24) is 0 Å². The smallest absolute Gasteiger partial charge is 0.196 e. The lowest BCUT2D eigenvalue weighted by Gasteiger charge is -2.03. The van der Waals surface area contributed by atoms with E-state index in [2.05, 4.69) is 0 Å². The SMILES string of the molecule is O=C(c1ccccc1)c1ccc(F)cc1O.